The molecule has 2 aromatic rings. The number of nitrogens with zero attached hydrogens (tertiary/aromatic N) is 4. The number of aliphatic imine (C=N–C) groups is 1. The van der Waals surface area contributed by atoms with E-state index in [1.165, 1.54) is 12.5 Å². The molecule has 0 radical (unpaired) electrons. The molecule has 0 unspecified atom stereocenters. The molecule has 1 aromatic carbocycles. The third kappa shape index (κ3) is 3.63. The summed E-state index contributed by atoms with van der Waals surface area (Å²) in [6, 6.07) is 10.2. The lowest BCUT2D eigenvalue weighted by atomic mass is 10.1. The normalized spacial score (nSPS) is 17.6. The summed E-state index contributed by atoms with van der Waals surface area (Å²) in [5.41, 5.74) is 4.92. The van der Waals surface area contributed by atoms with Crippen LogP contribution in [-0.4, -0.2) is 45.7 Å². The quantitative estimate of drug-likeness (QED) is 0.543. The van der Waals surface area contributed by atoms with E-state index < -0.39 is 15.7 Å². The summed E-state index contributed by atoms with van der Waals surface area (Å²) in [5.74, 6) is -0.983. The van der Waals surface area contributed by atoms with Crippen molar-refractivity contribution < 1.29 is 13.2 Å². The second kappa shape index (κ2) is 8.18. The number of amidine groups is 3. The molecule has 0 saturated heterocycles. The van der Waals surface area contributed by atoms with Crippen LogP contribution in [0.25, 0.3) is 11.8 Å². The molecule has 8 nitrogen and oxygen atoms in total. The summed E-state index contributed by atoms with van der Waals surface area (Å²) in [4.78, 5) is 17.8. The van der Waals surface area contributed by atoms with Gasteiger partial charge in [0.1, 0.15) is 5.84 Å². The minimum Gasteiger partial charge on any atom is -0.318 e. The molecule has 0 saturated carbocycles. The average molecular weight is 470 g/mol. The zero-order chi connectivity index (χ0) is 23.2. The zero-order valence-electron chi connectivity index (χ0n) is 18.2. The fourth-order valence-electron chi connectivity index (χ4n) is 3.70. The highest BCUT2D eigenvalue weighted by Crippen LogP contribution is 2.31. The molecule has 10 heteroatoms. The fraction of sp³-hybridized carbons (Fsp3) is 0.273. The number of aromatic nitrogens is 1. The van der Waals surface area contributed by atoms with E-state index in [4.69, 9.17) is 5.41 Å². The highest BCUT2D eigenvalue weighted by Gasteiger charge is 2.42. The van der Waals surface area contributed by atoms with Gasteiger partial charge in [0.25, 0.3) is 5.91 Å². The van der Waals surface area contributed by atoms with Gasteiger partial charge in [0, 0.05) is 17.1 Å². The average Bonchev–Trinajstić information content (AvgIpc) is 3.32. The molecule has 1 N–H and O–H groups in total. The topological polar surface area (TPSA) is 108 Å². The van der Waals surface area contributed by atoms with E-state index in [0.29, 0.717) is 0 Å². The zero-order valence-corrected chi connectivity index (χ0v) is 19.8. The van der Waals surface area contributed by atoms with Crippen LogP contribution in [0.4, 0.5) is 0 Å². The third-order valence-electron chi connectivity index (χ3n) is 5.53. The Kier molecular flexibility index (Phi) is 5.68. The molecule has 0 aliphatic carbocycles. The summed E-state index contributed by atoms with van der Waals surface area (Å²) in [6.07, 6.45) is 2.56. The van der Waals surface area contributed by atoms with Crippen LogP contribution in [0, 0.1) is 19.3 Å². The highest BCUT2D eigenvalue weighted by molar-refractivity contribution is 8.16. The third-order valence-corrected chi connectivity index (χ3v) is 7.93. The van der Waals surface area contributed by atoms with E-state index >= 15 is 0 Å². The van der Waals surface area contributed by atoms with Gasteiger partial charge in [-0.2, -0.15) is 9.39 Å². The van der Waals surface area contributed by atoms with Gasteiger partial charge in [-0.1, -0.05) is 26.0 Å². The van der Waals surface area contributed by atoms with E-state index in [0.717, 1.165) is 45.9 Å². The molecular formula is C22H23N5O3S2. The fourth-order valence-corrected chi connectivity index (χ4v) is 5.66. The maximum atomic E-state index is 12.7. The second-order valence-corrected chi connectivity index (χ2v) is 10.4. The van der Waals surface area contributed by atoms with Gasteiger partial charge in [0.15, 0.2) is 0 Å². The molecule has 1 aromatic heterocycles. The van der Waals surface area contributed by atoms with Gasteiger partial charge in [-0.05, 0) is 55.7 Å². The monoisotopic (exact) mass is 469 g/mol. The Balaban J connectivity index is 1.75. The lowest BCUT2D eigenvalue weighted by molar-refractivity contribution is -0.114. The minimum atomic E-state index is -3.68. The Labute approximate surface area is 191 Å². The molecule has 0 fully saturated rings. The number of carbonyl (C=O) groups excluding carboxylic acids is 1. The van der Waals surface area contributed by atoms with Gasteiger partial charge < -0.3 is 4.57 Å². The number of amides is 1. The number of sulfone groups is 1. The maximum absolute atomic E-state index is 12.7. The van der Waals surface area contributed by atoms with Crippen molar-refractivity contribution in [3.63, 3.8) is 0 Å². The predicted octanol–water partition coefficient (Wildman–Crippen LogP) is 3.67. The van der Waals surface area contributed by atoms with Gasteiger partial charge in [0.05, 0.1) is 23.3 Å². The van der Waals surface area contributed by atoms with Crippen LogP contribution >= 0.6 is 11.9 Å². The van der Waals surface area contributed by atoms with E-state index in [9.17, 15) is 13.2 Å². The lowest BCUT2D eigenvalue weighted by Crippen LogP contribution is -2.45. The smallest absolute Gasteiger partial charge is 0.283 e. The molecule has 2 aliphatic rings. The van der Waals surface area contributed by atoms with Gasteiger partial charge >= 0.3 is 0 Å². The van der Waals surface area contributed by atoms with Crippen LogP contribution in [0.15, 0.2) is 45.3 Å². The van der Waals surface area contributed by atoms with Crippen molar-refractivity contribution >= 4 is 49.9 Å². The van der Waals surface area contributed by atoms with Crippen molar-refractivity contribution in [2.45, 2.75) is 34.1 Å². The predicted molar refractivity (Wildman–Crippen MR) is 129 cm³/mol. The Morgan fingerprint density at radius 3 is 2.47 bits per heavy atom. The standard InChI is InChI=1S/C22H23N5O3S2/c1-5-15-7-9-17(10-8-15)26-13(3)11-16(14(26)4)12-18-19(23)27-21(24-20(18)28)31-25-22(27)32(29,30)6-2/h7-12,23H,5-6H2,1-4H3/b18-12-,23-19?. The number of aryl methyl sites for hydroxylation is 2. The number of hydrogen-bond donors (Lipinski definition) is 1. The maximum Gasteiger partial charge on any atom is 0.283 e. The van der Waals surface area contributed by atoms with Crippen molar-refractivity contribution in [1.29, 1.82) is 5.41 Å². The Hall–Kier alpha value is -2.98. The second-order valence-electron chi connectivity index (χ2n) is 7.49. The SMILES string of the molecule is CCc1ccc(-n2c(C)cc(/C=C3/C(=N)N4C(=NC3=O)SN=C4S(=O)(=O)CC)c2C)cc1. The number of carbonyl (C=O) groups is 1. The molecule has 166 valence electrons. The van der Waals surface area contributed by atoms with Gasteiger partial charge in [-0.3, -0.25) is 10.2 Å². The van der Waals surface area contributed by atoms with Gasteiger partial charge in [-0.15, -0.1) is 0 Å². The molecule has 0 atom stereocenters. The summed E-state index contributed by atoms with van der Waals surface area (Å²) in [7, 11) is -3.68. The van der Waals surface area contributed by atoms with Crippen molar-refractivity contribution in [3.8, 4) is 5.69 Å². The van der Waals surface area contributed by atoms with Crippen molar-refractivity contribution in [2.75, 3.05) is 5.75 Å². The van der Waals surface area contributed by atoms with Crippen LogP contribution in [0.5, 0.6) is 0 Å². The Bertz CT molecular complexity index is 1330. The lowest BCUT2D eigenvalue weighted by Gasteiger charge is -2.24. The van der Waals surface area contributed by atoms with E-state index in [1.807, 2.05) is 19.9 Å². The molecule has 0 spiro atoms. The van der Waals surface area contributed by atoms with Gasteiger partial charge in [-0.25, -0.2) is 13.3 Å². The summed E-state index contributed by atoms with van der Waals surface area (Å²) in [5, 5.41) is 8.40. The first-order valence-electron chi connectivity index (χ1n) is 10.2. The Morgan fingerprint density at radius 1 is 1.16 bits per heavy atom. The number of benzene rings is 1. The largest absolute Gasteiger partial charge is 0.318 e. The first-order chi connectivity index (χ1) is 15.2. The molecule has 0 bridgehead atoms. The highest BCUT2D eigenvalue weighted by atomic mass is 32.2. The van der Waals surface area contributed by atoms with E-state index in [-0.39, 0.29) is 27.5 Å². The van der Waals surface area contributed by atoms with E-state index in [2.05, 4.69) is 45.1 Å². The molecule has 32 heavy (non-hydrogen) atoms. The molecular weight excluding hydrogens is 446 g/mol. The van der Waals surface area contributed by atoms with Crippen molar-refractivity contribution in [3.05, 3.63) is 58.4 Å². The number of hydrogen-bond acceptors (Lipinski definition) is 6. The Morgan fingerprint density at radius 2 is 1.84 bits per heavy atom. The first kappa shape index (κ1) is 22.2. The summed E-state index contributed by atoms with van der Waals surface area (Å²) in [6.45, 7) is 7.53. The number of fused-ring (bicyclic) bond motifs is 1. The van der Waals surface area contributed by atoms with Crippen LogP contribution in [0.1, 0.15) is 36.4 Å². The molecule has 4 rings (SSSR count). The van der Waals surface area contributed by atoms with Crippen LogP contribution < -0.4 is 0 Å². The number of rotatable bonds is 4. The first-order valence-corrected chi connectivity index (χ1v) is 12.6. The van der Waals surface area contributed by atoms with Crippen LogP contribution in [0.2, 0.25) is 0 Å². The van der Waals surface area contributed by atoms with Crippen LogP contribution in [0.3, 0.4) is 0 Å². The number of nitrogens with one attached hydrogen (secondary N) is 1. The minimum absolute atomic E-state index is 0.0248. The summed E-state index contributed by atoms with van der Waals surface area (Å²) >= 11 is 0.794. The van der Waals surface area contributed by atoms with Crippen molar-refractivity contribution in [2.24, 2.45) is 9.39 Å². The molecule has 2 aliphatic heterocycles. The van der Waals surface area contributed by atoms with E-state index in [1.54, 1.807) is 6.08 Å². The molecule has 1 amide bonds. The molecule has 3 heterocycles. The van der Waals surface area contributed by atoms with Crippen molar-refractivity contribution in [1.82, 2.24) is 9.47 Å². The summed E-state index contributed by atoms with van der Waals surface area (Å²) < 4.78 is 30.9. The van der Waals surface area contributed by atoms with Crippen LogP contribution in [-0.2, 0) is 21.1 Å². The van der Waals surface area contributed by atoms with Gasteiger partial charge in [0.2, 0.25) is 20.2 Å².